The van der Waals surface area contributed by atoms with E-state index in [0.29, 0.717) is 65.4 Å². The minimum Gasteiger partial charge on any atom is -0.395 e. The number of thioether (sulfide) groups is 2. The van der Waals surface area contributed by atoms with Crippen LogP contribution in [0.25, 0.3) is 0 Å². The number of aliphatic hydroxyl groups is 6. The van der Waals surface area contributed by atoms with Gasteiger partial charge in [0.2, 0.25) is 0 Å². The highest BCUT2D eigenvalue weighted by molar-refractivity contribution is 8.03. The predicted molar refractivity (Wildman–Crippen MR) is 248 cm³/mol. The normalized spacial score (nSPS) is 19.3. The molecular formula is C46H80N6O6S2. The Morgan fingerprint density at radius 1 is 0.383 bits per heavy atom. The Labute approximate surface area is 370 Å². The number of fused-ring (bicyclic) bond motifs is 3. The first-order chi connectivity index (χ1) is 28.7. The lowest BCUT2D eigenvalue weighted by molar-refractivity contribution is 0.124. The molecule has 0 radical (unpaired) electrons. The summed E-state index contributed by atoms with van der Waals surface area (Å²) in [7, 11) is 0. The van der Waals surface area contributed by atoms with Crippen LogP contribution in [0.4, 0.5) is 0 Å². The van der Waals surface area contributed by atoms with E-state index in [2.05, 4.69) is 95.2 Å². The summed E-state index contributed by atoms with van der Waals surface area (Å²) in [6.45, 7) is 25.8. The average molecular weight is 877 g/mol. The molecule has 60 heavy (non-hydrogen) atoms. The van der Waals surface area contributed by atoms with Crippen molar-refractivity contribution in [2.45, 2.75) is 88.3 Å². The molecule has 4 rings (SSSR count). The number of β-amino-alcohol motifs (C(OH)–C–C–N with tert-alkyl or cyclic N) is 6. The Morgan fingerprint density at radius 3 is 0.817 bits per heavy atom. The molecule has 2 heterocycles. The number of hydrogen-bond acceptors (Lipinski definition) is 14. The summed E-state index contributed by atoms with van der Waals surface area (Å²) < 4.78 is 0. The summed E-state index contributed by atoms with van der Waals surface area (Å²) in [5.41, 5.74) is 7.36. The zero-order valence-corrected chi connectivity index (χ0v) is 39.5. The molecule has 0 atom stereocenters. The van der Waals surface area contributed by atoms with Gasteiger partial charge in [-0.05, 0) is 44.2 Å². The van der Waals surface area contributed by atoms with Gasteiger partial charge < -0.3 is 30.6 Å². The first-order valence-electron chi connectivity index (χ1n) is 22.3. The van der Waals surface area contributed by atoms with Crippen molar-refractivity contribution in [3.63, 3.8) is 0 Å². The molecule has 0 saturated heterocycles. The Bertz CT molecular complexity index is 1360. The third kappa shape index (κ3) is 16.3. The molecule has 342 valence electrons. The van der Waals surface area contributed by atoms with Gasteiger partial charge in [0.1, 0.15) is 0 Å². The van der Waals surface area contributed by atoms with Crippen LogP contribution in [0.15, 0.2) is 34.1 Å². The van der Waals surface area contributed by atoms with Gasteiger partial charge in [0, 0.05) is 139 Å². The van der Waals surface area contributed by atoms with Gasteiger partial charge in [0.05, 0.1) is 39.6 Å². The average Bonchev–Trinajstić information content (AvgIpc) is 3.18. The maximum absolute atomic E-state index is 10.3. The van der Waals surface area contributed by atoms with Gasteiger partial charge in [-0.15, -0.1) is 23.5 Å². The van der Waals surface area contributed by atoms with E-state index in [0.717, 1.165) is 63.9 Å². The van der Waals surface area contributed by atoms with Gasteiger partial charge in [-0.1, -0.05) is 65.8 Å². The van der Waals surface area contributed by atoms with Crippen molar-refractivity contribution < 1.29 is 30.6 Å². The molecule has 0 saturated carbocycles. The first-order valence-corrected chi connectivity index (χ1v) is 24.3. The van der Waals surface area contributed by atoms with E-state index in [9.17, 15) is 30.6 Å². The second-order valence-corrected chi connectivity index (χ2v) is 20.8. The minimum absolute atomic E-state index is 0.0523. The van der Waals surface area contributed by atoms with Crippen molar-refractivity contribution in [3.05, 3.63) is 57.6 Å². The molecule has 0 aliphatic carbocycles. The summed E-state index contributed by atoms with van der Waals surface area (Å²) >= 11 is 3.82. The Hall–Kier alpha value is -1.34. The number of aliphatic hydroxyl groups excluding tert-OH is 6. The van der Waals surface area contributed by atoms with Crippen LogP contribution < -0.4 is 0 Å². The molecule has 14 heteroatoms. The largest absolute Gasteiger partial charge is 0.395 e. The van der Waals surface area contributed by atoms with Crippen molar-refractivity contribution in [2.24, 2.45) is 0 Å². The van der Waals surface area contributed by atoms with Gasteiger partial charge >= 0.3 is 0 Å². The molecule has 6 N–H and O–H groups in total. The van der Waals surface area contributed by atoms with E-state index in [4.69, 9.17) is 0 Å². The Morgan fingerprint density at radius 2 is 0.600 bits per heavy atom. The predicted octanol–water partition coefficient (Wildman–Crippen LogP) is 2.96. The fourth-order valence-electron chi connectivity index (χ4n) is 8.20. The summed E-state index contributed by atoms with van der Waals surface area (Å²) in [6.07, 6.45) is 0. The molecular weight excluding hydrogens is 797 g/mol. The van der Waals surface area contributed by atoms with Crippen molar-refractivity contribution in [2.75, 3.05) is 143 Å². The monoisotopic (exact) mass is 877 g/mol. The smallest absolute Gasteiger partial charge is 0.0558 e. The molecule has 0 fully saturated rings. The lowest BCUT2D eigenvalue weighted by atomic mass is 9.84. The van der Waals surface area contributed by atoms with Crippen LogP contribution in [0, 0.1) is 0 Å². The zero-order valence-electron chi connectivity index (χ0n) is 37.9. The van der Waals surface area contributed by atoms with Crippen molar-refractivity contribution >= 4 is 23.5 Å². The van der Waals surface area contributed by atoms with E-state index in [1.807, 2.05) is 23.5 Å². The summed E-state index contributed by atoms with van der Waals surface area (Å²) in [6, 6.07) is 9.53. The van der Waals surface area contributed by atoms with Gasteiger partial charge in [0.25, 0.3) is 0 Å². The molecule has 2 aliphatic rings. The Kier molecular flexibility index (Phi) is 22.1. The van der Waals surface area contributed by atoms with Crippen molar-refractivity contribution in [1.82, 2.24) is 29.4 Å². The quantitative estimate of drug-likeness (QED) is 0.186. The second-order valence-electron chi connectivity index (χ2n) is 18.6. The molecule has 0 spiro atoms. The first kappa shape index (κ1) is 51.3. The van der Waals surface area contributed by atoms with Crippen LogP contribution in [0.3, 0.4) is 0 Å². The fourth-order valence-corrected chi connectivity index (χ4v) is 10.5. The highest BCUT2D eigenvalue weighted by atomic mass is 32.2. The highest BCUT2D eigenvalue weighted by Gasteiger charge is 2.26. The molecule has 12 nitrogen and oxygen atoms in total. The molecule has 2 aromatic carbocycles. The zero-order chi connectivity index (χ0) is 43.7. The van der Waals surface area contributed by atoms with E-state index in [1.165, 1.54) is 43.2 Å². The number of benzene rings is 2. The molecule has 2 aliphatic heterocycles. The second kappa shape index (κ2) is 25.8. The topological polar surface area (TPSA) is 141 Å². The number of hydrogen-bond donors (Lipinski definition) is 6. The number of nitrogens with zero attached hydrogens (tertiary/aromatic N) is 6. The van der Waals surface area contributed by atoms with Crippen LogP contribution in [-0.2, 0) is 37.0 Å². The van der Waals surface area contributed by atoms with E-state index < -0.39 is 0 Å². The van der Waals surface area contributed by atoms with Crippen LogP contribution in [-0.4, -0.2) is 203 Å². The molecule has 2 aromatic rings. The van der Waals surface area contributed by atoms with Crippen LogP contribution in [0.2, 0.25) is 0 Å². The van der Waals surface area contributed by atoms with Crippen molar-refractivity contribution in [1.29, 1.82) is 0 Å². The van der Waals surface area contributed by atoms with Gasteiger partial charge in [0.15, 0.2) is 0 Å². The number of rotatable bonds is 12. The standard InChI is InChI=1S/C46H80N6O6S2/c1-45(2,3)41-29-37-33-49(17-23-55)11-7-47(15-21-53)9-13-51(19-25-57)35-39-31-42(46(4,5)6)32-40-36-52(20-26-58)14-10-48(16-22-54)8-12-50(18-24-56)34-38(30-41)43(37)59-27-28-60-44(39)40/h29-32,53-58H,7-28,33-36H2,1-6H3. The summed E-state index contributed by atoms with van der Waals surface area (Å²) in [4.78, 5) is 16.6. The fraction of sp³-hybridized carbons (Fsp3) is 0.739. The summed E-state index contributed by atoms with van der Waals surface area (Å²) in [5.74, 6) is 1.77. The molecule has 0 unspecified atom stereocenters. The minimum atomic E-state index is -0.0978. The third-order valence-corrected chi connectivity index (χ3v) is 14.5. The van der Waals surface area contributed by atoms with E-state index in [1.54, 1.807) is 0 Å². The van der Waals surface area contributed by atoms with Crippen LogP contribution in [0.5, 0.6) is 0 Å². The lowest BCUT2D eigenvalue weighted by Crippen LogP contribution is -2.42. The van der Waals surface area contributed by atoms with Crippen molar-refractivity contribution in [3.8, 4) is 0 Å². The molecule has 2 bridgehead atoms. The van der Waals surface area contributed by atoms with Crippen LogP contribution >= 0.6 is 23.5 Å². The van der Waals surface area contributed by atoms with E-state index >= 15 is 0 Å². The molecule has 0 amide bonds. The van der Waals surface area contributed by atoms with Gasteiger partial charge in [-0.2, -0.15) is 0 Å². The SMILES string of the molecule is CC(C)(C)c1cc2c3c(c1)CN(CCO)CCN(CCO)CCN(CCO)Cc1cc(C(C)(C)C)cc(c1SCCS3)CN(CCO)CCN(CCO)CCN(CCO)C2. The summed E-state index contributed by atoms with van der Waals surface area (Å²) in [5, 5.41) is 61.7. The van der Waals surface area contributed by atoms with Crippen LogP contribution in [0.1, 0.15) is 74.9 Å². The molecule has 0 aromatic heterocycles. The third-order valence-electron chi connectivity index (χ3n) is 11.8. The maximum Gasteiger partial charge on any atom is 0.0558 e. The van der Waals surface area contributed by atoms with Gasteiger partial charge in [-0.25, -0.2) is 0 Å². The Balaban J connectivity index is 1.97. The lowest BCUT2D eigenvalue weighted by Gasteiger charge is -2.33. The van der Waals surface area contributed by atoms with Gasteiger partial charge in [-0.3, -0.25) is 29.4 Å². The van der Waals surface area contributed by atoms with E-state index in [-0.39, 0.29) is 50.5 Å². The maximum atomic E-state index is 10.3. The highest BCUT2D eigenvalue weighted by Crippen LogP contribution is 2.38.